The van der Waals surface area contributed by atoms with Crippen LogP contribution in [0, 0.1) is 0 Å². The minimum Gasteiger partial charge on any atom is -0.408 e. The fourth-order valence-corrected chi connectivity index (χ4v) is 3.62. The van der Waals surface area contributed by atoms with E-state index in [4.69, 9.17) is 4.42 Å². The zero-order valence-corrected chi connectivity index (χ0v) is 12.5. The fourth-order valence-electron chi connectivity index (χ4n) is 3.62. The molecule has 4 rings (SSSR count). The summed E-state index contributed by atoms with van der Waals surface area (Å²) in [6, 6.07) is 8.02. The Bertz CT molecular complexity index is 751. The van der Waals surface area contributed by atoms with Crippen LogP contribution in [0.5, 0.6) is 0 Å². The van der Waals surface area contributed by atoms with E-state index in [2.05, 4.69) is 4.90 Å². The Morgan fingerprint density at radius 3 is 2.55 bits per heavy atom. The van der Waals surface area contributed by atoms with Gasteiger partial charge < -0.3 is 9.32 Å². The highest BCUT2D eigenvalue weighted by Crippen LogP contribution is 2.34. The molecule has 5 heteroatoms. The molecule has 0 aliphatic heterocycles. The predicted octanol–water partition coefficient (Wildman–Crippen LogP) is 2.53. The van der Waals surface area contributed by atoms with Gasteiger partial charge in [-0.15, -0.1) is 0 Å². The maximum absolute atomic E-state index is 12.8. The number of amides is 1. The van der Waals surface area contributed by atoms with Crippen LogP contribution in [-0.2, 0) is 11.3 Å². The second-order valence-electron chi connectivity index (χ2n) is 6.39. The standard InChI is InChI=1S/C17H20N2O3/c20-16(19(13-9-10-13)12-5-1-2-6-12)11-18-14-7-3-4-8-15(14)22-17(18)21/h3-4,7-8,12-13H,1-2,5-6,9-11H2. The van der Waals surface area contributed by atoms with Crippen molar-refractivity contribution < 1.29 is 9.21 Å². The van der Waals surface area contributed by atoms with Crippen LogP contribution in [0.3, 0.4) is 0 Å². The summed E-state index contributed by atoms with van der Waals surface area (Å²) in [6.07, 6.45) is 6.81. The van der Waals surface area contributed by atoms with Crippen LogP contribution in [0.4, 0.5) is 0 Å². The molecule has 22 heavy (non-hydrogen) atoms. The van der Waals surface area contributed by atoms with Crippen LogP contribution >= 0.6 is 0 Å². The number of para-hydroxylation sites is 2. The minimum atomic E-state index is -0.447. The van der Waals surface area contributed by atoms with Crippen LogP contribution in [0.1, 0.15) is 38.5 Å². The number of hydrogen-bond donors (Lipinski definition) is 0. The largest absolute Gasteiger partial charge is 0.420 e. The number of aromatic nitrogens is 1. The van der Waals surface area contributed by atoms with E-state index >= 15 is 0 Å². The first kappa shape index (κ1) is 13.6. The molecule has 0 unspecified atom stereocenters. The van der Waals surface area contributed by atoms with Crippen molar-refractivity contribution in [1.82, 2.24) is 9.47 Å². The molecule has 2 saturated carbocycles. The molecule has 1 aromatic heterocycles. The summed E-state index contributed by atoms with van der Waals surface area (Å²) >= 11 is 0. The molecule has 0 radical (unpaired) electrons. The summed E-state index contributed by atoms with van der Waals surface area (Å²) in [7, 11) is 0. The lowest BCUT2D eigenvalue weighted by atomic mass is 10.2. The summed E-state index contributed by atoms with van der Waals surface area (Å²) in [5.41, 5.74) is 1.24. The van der Waals surface area contributed by atoms with E-state index in [1.165, 1.54) is 17.4 Å². The van der Waals surface area contributed by atoms with Gasteiger partial charge in [0.05, 0.1) is 5.52 Å². The van der Waals surface area contributed by atoms with E-state index in [0.29, 0.717) is 23.2 Å². The highest BCUT2D eigenvalue weighted by atomic mass is 16.4. The molecule has 2 aliphatic carbocycles. The summed E-state index contributed by atoms with van der Waals surface area (Å²) in [5.74, 6) is -0.389. The second-order valence-corrected chi connectivity index (χ2v) is 6.39. The first-order valence-electron chi connectivity index (χ1n) is 8.13. The van der Waals surface area contributed by atoms with Gasteiger partial charge in [0.25, 0.3) is 0 Å². The number of benzene rings is 1. The summed E-state index contributed by atoms with van der Waals surface area (Å²) in [4.78, 5) is 26.9. The lowest BCUT2D eigenvalue weighted by Crippen LogP contribution is -2.43. The lowest BCUT2D eigenvalue weighted by Gasteiger charge is -2.29. The van der Waals surface area contributed by atoms with Crippen molar-refractivity contribution in [2.75, 3.05) is 0 Å². The third-order valence-corrected chi connectivity index (χ3v) is 4.81. The molecule has 2 aromatic rings. The summed E-state index contributed by atoms with van der Waals surface area (Å²) in [6.45, 7) is 0.0862. The number of oxazole rings is 1. The lowest BCUT2D eigenvalue weighted by molar-refractivity contribution is -0.134. The van der Waals surface area contributed by atoms with E-state index in [-0.39, 0.29) is 12.5 Å². The van der Waals surface area contributed by atoms with Gasteiger partial charge in [0, 0.05) is 12.1 Å². The van der Waals surface area contributed by atoms with Gasteiger partial charge in [0.1, 0.15) is 6.54 Å². The predicted molar refractivity (Wildman–Crippen MR) is 82.6 cm³/mol. The van der Waals surface area contributed by atoms with E-state index in [1.54, 1.807) is 6.07 Å². The van der Waals surface area contributed by atoms with Crippen molar-refractivity contribution in [2.45, 2.75) is 57.2 Å². The first-order valence-corrected chi connectivity index (χ1v) is 8.13. The molecule has 0 saturated heterocycles. The minimum absolute atomic E-state index is 0.0584. The topological polar surface area (TPSA) is 55.5 Å². The average molecular weight is 300 g/mol. The van der Waals surface area contributed by atoms with Crippen LogP contribution in [0.25, 0.3) is 11.1 Å². The number of nitrogens with zero attached hydrogens (tertiary/aromatic N) is 2. The van der Waals surface area contributed by atoms with Gasteiger partial charge in [0.15, 0.2) is 5.58 Å². The fraction of sp³-hybridized carbons (Fsp3) is 0.529. The van der Waals surface area contributed by atoms with Crippen molar-refractivity contribution in [2.24, 2.45) is 0 Å². The maximum Gasteiger partial charge on any atom is 0.420 e. The highest BCUT2D eigenvalue weighted by molar-refractivity contribution is 5.80. The van der Waals surface area contributed by atoms with E-state index < -0.39 is 5.76 Å². The number of fused-ring (bicyclic) bond motifs is 1. The molecule has 0 N–H and O–H groups in total. The SMILES string of the molecule is O=C(Cn1c(=O)oc2ccccc21)N(C1CCCC1)C1CC1. The Labute approximate surface area is 128 Å². The highest BCUT2D eigenvalue weighted by Gasteiger charge is 2.38. The van der Waals surface area contributed by atoms with Gasteiger partial charge in [-0.2, -0.15) is 0 Å². The van der Waals surface area contributed by atoms with Gasteiger partial charge in [-0.3, -0.25) is 9.36 Å². The molecule has 2 fully saturated rings. The van der Waals surface area contributed by atoms with Gasteiger partial charge in [-0.25, -0.2) is 4.79 Å². The average Bonchev–Trinajstić information content (AvgIpc) is 3.09. The molecular weight excluding hydrogens is 280 g/mol. The van der Waals surface area contributed by atoms with E-state index in [0.717, 1.165) is 25.7 Å². The van der Waals surface area contributed by atoms with Crippen LogP contribution in [0.15, 0.2) is 33.5 Å². The molecule has 0 spiro atoms. The molecule has 1 aromatic carbocycles. The van der Waals surface area contributed by atoms with Crippen LogP contribution in [0.2, 0.25) is 0 Å². The summed E-state index contributed by atoms with van der Waals surface area (Å²) in [5, 5.41) is 0. The van der Waals surface area contributed by atoms with Crippen molar-refractivity contribution in [3.63, 3.8) is 0 Å². The van der Waals surface area contributed by atoms with Crippen molar-refractivity contribution in [3.8, 4) is 0 Å². The summed E-state index contributed by atoms with van der Waals surface area (Å²) < 4.78 is 6.68. The number of hydrogen-bond acceptors (Lipinski definition) is 3. The zero-order chi connectivity index (χ0) is 15.1. The third kappa shape index (κ3) is 2.34. The van der Waals surface area contributed by atoms with E-state index in [9.17, 15) is 9.59 Å². The molecular formula is C17H20N2O3. The molecule has 116 valence electrons. The van der Waals surface area contributed by atoms with Crippen molar-refractivity contribution in [1.29, 1.82) is 0 Å². The number of carbonyl (C=O) groups is 1. The third-order valence-electron chi connectivity index (χ3n) is 4.81. The Morgan fingerprint density at radius 1 is 1.14 bits per heavy atom. The number of rotatable bonds is 4. The Balaban J connectivity index is 1.62. The Hall–Kier alpha value is -2.04. The smallest absolute Gasteiger partial charge is 0.408 e. The molecule has 1 heterocycles. The number of carbonyl (C=O) groups excluding carboxylic acids is 1. The normalized spacial score (nSPS) is 18.9. The Kier molecular flexibility index (Phi) is 3.28. The molecule has 5 nitrogen and oxygen atoms in total. The second kappa shape index (κ2) is 5.30. The van der Waals surface area contributed by atoms with Gasteiger partial charge in [-0.1, -0.05) is 25.0 Å². The zero-order valence-electron chi connectivity index (χ0n) is 12.5. The monoisotopic (exact) mass is 300 g/mol. The first-order chi connectivity index (χ1) is 10.7. The van der Waals surface area contributed by atoms with Crippen LogP contribution in [-0.4, -0.2) is 27.5 Å². The van der Waals surface area contributed by atoms with Crippen molar-refractivity contribution in [3.05, 3.63) is 34.8 Å². The quantitative estimate of drug-likeness (QED) is 0.872. The van der Waals surface area contributed by atoms with Gasteiger partial charge in [-0.05, 0) is 37.8 Å². The maximum atomic E-state index is 12.8. The van der Waals surface area contributed by atoms with Gasteiger partial charge >= 0.3 is 5.76 Å². The molecule has 2 aliphatic rings. The van der Waals surface area contributed by atoms with Crippen molar-refractivity contribution >= 4 is 17.0 Å². The Morgan fingerprint density at radius 2 is 1.82 bits per heavy atom. The van der Waals surface area contributed by atoms with E-state index in [1.807, 2.05) is 18.2 Å². The van der Waals surface area contributed by atoms with Crippen LogP contribution < -0.4 is 5.76 Å². The molecule has 0 atom stereocenters. The molecule has 0 bridgehead atoms. The molecule has 1 amide bonds. The van der Waals surface area contributed by atoms with Gasteiger partial charge in [0.2, 0.25) is 5.91 Å².